The molecule has 0 bridgehead atoms. The van der Waals surface area contributed by atoms with Crippen LogP contribution in [0.5, 0.6) is 0 Å². The van der Waals surface area contributed by atoms with Crippen LogP contribution < -0.4 is 28.3 Å². The van der Waals surface area contributed by atoms with Gasteiger partial charge in [-0.05, 0) is 20.4 Å². The summed E-state index contributed by atoms with van der Waals surface area (Å²) < 4.78 is 10.8. The predicted octanol–water partition coefficient (Wildman–Crippen LogP) is -1.93. The lowest BCUT2D eigenvalue weighted by Crippen LogP contribution is -2.85. The van der Waals surface area contributed by atoms with Crippen molar-refractivity contribution in [2.24, 2.45) is 22.9 Å². The van der Waals surface area contributed by atoms with E-state index in [4.69, 9.17) is 31.8 Å². The van der Waals surface area contributed by atoms with Gasteiger partial charge in [-0.1, -0.05) is 0 Å². The first-order chi connectivity index (χ1) is 7.02. The molecule has 16 heavy (non-hydrogen) atoms. The molecule has 98 valence electrons. The molecule has 0 saturated carbocycles. The molecule has 0 heterocycles. The maximum Gasteiger partial charge on any atom is 0.371 e. The molecule has 0 aromatic carbocycles. The van der Waals surface area contributed by atoms with Crippen molar-refractivity contribution in [1.29, 1.82) is 0 Å². The minimum Gasteiger partial charge on any atom is -0.396 e. The summed E-state index contributed by atoms with van der Waals surface area (Å²) in [5, 5.41) is 1.81. The van der Waals surface area contributed by atoms with Gasteiger partial charge in [-0.15, -0.1) is 0 Å². The van der Waals surface area contributed by atoms with Gasteiger partial charge in [0.15, 0.2) is 0 Å². The second-order valence-corrected chi connectivity index (χ2v) is 7.95. The van der Waals surface area contributed by atoms with E-state index in [1.807, 2.05) is 0 Å². The molecule has 0 aliphatic rings. The van der Waals surface area contributed by atoms with E-state index in [1.54, 1.807) is 20.4 Å². The first-order valence-corrected chi connectivity index (χ1v) is 7.36. The molecule has 0 amide bonds. The average molecular weight is 251 g/mol. The zero-order valence-electron chi connectivity index (χ0n) is 10.7. The highest BCUT2D eigenvalue weighted by atomic mass is 28.4. The van der Waals surface area contributed by atoms with E-state index in [0.29, 0.717) is 0 Å². The van der Waals surface area contributed by atoms with Gasteiger partial charge in [-0.3, -0.25) is 5.32 Å². The van der Waals surface area contributed by atoms with Crippen molar-refractivity contribution in [2.75, 3.05) is 14.2 Å². The van der Waals surface area contributed by atoms with Gasteiger partial charge < -0.3 is 31.8 Å². The topological polar surface area (TPSA) is 135 Å². The first-order valence-electron chi connectivity index (χ1n) is 5.04. The Morgan fingerprint density at radius 1 is 1.19 bits per heavy atom. The van der Waals surface area contributed by atoms with Crippen LogP contribution >= 0.6 is 0 Å². The van der Waals surface area contributed by atoms with E-state index in [0.717, 1.165) is 0 Å². The Morgan fingerprint density at radius 2 is 1.56 bits per heavy atom. The zero-order chi connectivity index (χ0) is 13.2. The zero-order valence-corrected chi connectivity index (χ0v) is 11.7. The third-order valence-corrected chi connectivity index (χ3v) is 6.37. The summed E-state index contributed by atoms with van der Waals surface area (Å²) in [6.07, 6.45) is 0. The lowest BCUT2D eigenvalue weighted by atomic mass is 10.2. The summed E-state index contributed by atoms with van der Waals surface area (Å²) in [5.74, 6) is -1.16. The quantitative estimate of drug-likeness (QED) is 0.274. The smallest absolute Gasteiger partial charge is 0.371 e. The van der Waals surface area contributed by atoms with Crippen LogP contribution in [-0.2, 0) is 8.85 Å². The SMILES string of the molecule is CO[Si](C)(OC)C(N)(NC(C)(N)N)C(C)N. The van der Waals surface area contributed by atoms with Gasteiger partial charge in [0.05, 0.1) is 0 Å². The van der Waals surface area contributed by atoms with Crippen LogP contribution in [0.2, 0.25) is 6.55 Å². The van der Waals surface area contributed by atoms with Gasteiger partial charge in [0, 0.05) is 20.3 Å². The van der Waals surface area contributed by atoms with Crippen LogP contribution in [0.1, 0.15) is 13.8 Å². The molecule has 0 radical (unpaired) electrons. The standard InChI is InChI=1S/C8H25N5O2Si/c1-6(9)8(12,13-7(2,10)11)16(5,14-3)15-4/h6,13H,9-12H2,1-5H3. The Kier molecular flexibility index (Phi) is 5.04. The van der Waals surface area contributed by atoms with Gasteiger partial charge in [0.2, 0.25) is 0 Å². The van der Waals surface area contributed by atoms with Crippen molar-refractivity contribution in [2.45, 2.75) is 37.5 Å². The van der Waals surface area contributed by atoms with Crippen molar-refractivity contribution >= 4 is 8.56 Å². The molecular formula is C8H25N5O2Si. The molecule has 8 heteroatoms. The van der Waals surface area contributed by atoms with Crippen molar-refractivity contribution in [3.63, 3.8) is 0 Å². The number of hydrogen-bond acceptors (Lipinski definition) is 7. The lowest BCUT2D eigenvalue weighted by Gasteiger charge is -2.47. The monoisotopic (exact) mass is 251 g/mol. The van der Waals surface area contributed by atoms with Crippen LogP contribution in [0.4, 0.5) is 0 Å². The van der Waals surface area contributed by atoms with Gasteiger partial charge >= 0.3 is 8.56 Å². The molecule has 0 spiro atoms. The summed E-state index contributed by atoms with van der Waals surface area (Å²) in [6.45, 7) is 5.15. The van der Waals surface area contributed by atoms with E-state index in [2.05, 4.69) is 5.32 Å². The molecule has 0 aliphatic carbocycles. The maximum absolute atomic E-state index is 6.24. The van der Waals surface area contributed by atoms with Gasteiger partial charge in [0.1, 0.15) is 11.1 Å². The first kappa shape index (κ1) is 15.9. The van der Waals surface area contributed by atoms with E-state index in [-0.39, 0.29) is 0 Å². The van der Waals surface area contributed by atoms with E-state index >= 15 is 0 Å². The average Bonchev–Trinajstić information content (AvgIpc) is 2.13. The molecule has 2 atom stereocenters. The minimum atomic E-state index is -2.74. The lowest BCUT2D eigenvalue weighted by molar-refractivity contribution is 0.157. The Morgan fingerprint density at radius 3 is 1.75 bits per heavy atom. The summed E-state index contributed by atoms with van der Waals surface area (Å²) in [7, 11) is 0.325. The van der Waals surface area contributed by atoms with Crippen LogP contribution in [0.3, 0.4) is 0 Å². The van der Waals surface area contributed by atoms with Gasteiger partial charge in [0.25, 0.3) is 0 Å². The molecule has 0 rings (SSSR count). The van der Waals surface area contributed by atoms with Crippen molar-refractivity contribution in [1.82, 2.24) is 5.32 Å². The highest BCUT2D eigenvalue weighted by Crippen LogP contribution is 2.21. The molecule has 9 N–H and O–H groups in total. The van der Waals surface area contributed by atoms with Gasteiger partial charge in [-0.25, -0.2) is 0 Å². The third-order valence-electron chi connectivity index (χ3n) is 2.72. The fraction of sp³-hybridized carbons (Fsp3) is 1.00. The Labute approximate surface area is 98.1 Å². The second kappa shape index (κ2) is 5.06. The molecule has 0 aromatic rings. The molecule has 0 fully saturated rings. The number of nitrogens with one attached hydrogen (secondary N) is 1. The number of rotatable bonds is 6. The fourth-order valence-corrected chi connectivity index (χ4v) is 3.67. The van der Waals surface area contributed by atoms with Crippen molar-refractivity contribution in [3.8, 4) is 0 Å². The van der Waals surface area contributed by atoms with Crippen molar-refractivity contribution < 1.29 is 8.85 Å². The van der Waals surface area contributed by atoms with Crippen molar-refractivity contribution in [3.05, 3.63) is 0 Å². The molecule has 7 nitrogen and oxygen atoms in total. The van der Waals surface area contributed by atoms with E-state index in [9.17, 15) is 0 Å². The Balaban J connectivity index is 5.26. The number of hydrogen-bond donors (Lipinski definition) is 5. The predicted molar refractivity (Wildman–Crippen MR) is 66.1 cm³/mol. The van der Waals surface area contributed by atoms with Crippen LogP contribution in [0, 0.1) is 0 Å². The fourth-order valence-electron chi connectivity index (χ4n) is 1.51. The summed E-state index contributed by atoms with van der Waals surface area (Å²) in [6, 6.07) is -0.435. The molecule has 0 aliphatic heterocycles. The van der Waals surface area contributed by atoms with Gasteiger partial charge in [-0.2, -0.15) is 0 Å². The third kappa shape index (κ3) is 3.21. The van der Waals surface area contributed by atoms with Crippen LogP contribution in [0.25, 0.3) is 0 Å². The maximum atomic E-state index is 6.24. The normalized spacial score (nSPS) is 19.3. The summed E-state index contributed by atoms with van der Waals surface area (Å²) in [4.78, 5) is 0. The highest BCUT2D eigenvalue weighted by Gasteiger charge is 2.55. The van der Waals surface area contributed by atoms with Crippen LogP contribution in [-0.4, -0.2) is 39.9 Å². The molecule has 0 aromatic heterocycles. The summed E-state index contributed by atoms with van der Waals surface area (Å²) >= 11 is 0. The van der Waals surface area contributed by atoms with E-state index in [1.165, 1.54) is 14.2 Å². The van der Waals surface area contributed by atoms with E-state index < -0.39 is 25.7 Å². The molecule has 2 unspecified atom stereocenters. The second-order valence-electron chi connectivity index (χ2n) is 4.42. The summed E-state index contributed by atoms with van der Waals surface area (Å²) in [5.41, 5.74) is 23.5. The highest BCUT2D eigenvalue weighted by molar-refractivity contribution is 6.69. The minimum absolute atomic E-state index is 0.435. The largest absolute Gasteiger partial charge is 0.396 e. The Hall–Kier alpha value is -0.0631. The Bertz CT molecular complexity index is 229. The van der Waals surface area contributed by atoms with Crippen LogP contribution in [0.15, 0.2) is 0 Å². The number of nitrogens with two attached hydrogens (primary N) is 4. The molecular weight excluding hydrogens is 226 g/mol. The molecule has 0 saturated heterocycles.